The second kappa shape index (κ2) is 4.11. The second-order valence-corrected chi connectivity index (χ2v) is 3.54. The molecule has 2 aromatic heterocycles. The number of halogens is 1. The van der Waals surface area contributed by atoms with Crippen molar-refractivity contribution in [1.29, 1.82) is 0 Å². The molecule has 0 unspecified atom stereocenters. The Bertz CT molecular complexity index is 550. The zero-order valence-electron chi connectivity index (χ0n) is 8.48. The average molecular weight is 241 g/mol. The summed E-state index contributed by atoms with van der Waals surface area (Å²) in [5, 5.41) is 9.85. The molecule has 0 aliphatic carbocycles. The number of hydrogen-bond donors (Lipinski definition) is 1. The topological polar surface area (TPSA) is 64.3 Å². The number of aromatic nitrogens is 2. The lowest BCUT2D eigenvalue weighted by atomic mass is 10.2. The predicted octanol–water partition coefficient (Wildman–Crippen LogP) is 1.43. The SMILES string of the molecule is COC(=O)c1c(Cl)cnc2c1ccn2CO. The number of rotatable bonds is 2. The van der Waals surface area contributed by atoms with Gasteiger partial charge in [-0.25, -0.2) is 9.78 Å². The molecule has 0 amide bonds. The van der Waals surface area contributed by atoms with Gasteiger partial charge >= 0.3 is 5.97 Å². The molecule has 6 heteroatoms. The highest BCUT2D eigenvalue weighted by Crippen LogP contribution is 2.25. The van der Waals surface area contributed by atoms with Crippen molar-refractivity contribution in [3.05, 3.63) is 29.0 Å². The minimum atomic E-state index is -0.520. The van der Waals surface area contributed by atoms with Crippen LogP contribution in [-0.4, -0.2) is 27.7 Å². The Hall–Kier alpha value is -1.59. The monoisotopic (exact) mass is 240 g/mol. The zero-order chi connectivity index (χ0) is 11.7. The van der Waals surface area contributed by atoms with Gasteiger partial charge in [-0.3, -0.25) is 0 Å². The molecule has 0 aromatic carbocycles. The first-order chi connectivity index (χ1) is 7.69. The third kappa shape index (κ3) is 1.54. The molecule has 0 saturated heterocycles. The molecular weight excluding hydrogens is 232 g/mol. The molecule has 16 heavy (non-hydrogen) atoms. The molecule has 0 aliphatic rings. The molecule has 2 rings (SSSR count). The third-order valence-corrected chi connectivity index (χ3v) is 2.57. The second-order valence-electron chi connectivity index (χ2n) is 3.14. The minimum absolute atomic E-state index is 0.210. The van der Waals surface area contributed by atoms with Gasteiger partial charge in [0.05, 0.1) is 17.7 Å². The van der Waals surface area contributed by atoms with Crippen LogP contribution in [-0.2, 0) is 11.5 Å². The summed E-state index contributed by atoms with van der Waals surface area (Å²) in [6.07, 6.45) is 2.99. The maximum Gasteiger partial charge on any atom is 0.340 e. The van der Waals surface area contributed by atoms with Gasteiger partial charge in [0.1, 0.15) is 12.4 Å². The van der Waals surface area contributed by atoms with Crippen molar-refractivity contribution < 1.29 is 14.6 Å². The highest BCUT2D eigenvalue weighted by Gasteiger charge is 2.17. The summed E-state index contributed by atoms with van der Waals surface area (Å²) in [6.45, 7) is -0.210. The van der Waals surface area contributed by atoms with Gasteiger partial charge < -0.3 is 14.4 Å². The summed E-state index contributed by atoms with van der Waals surface area (Å²) in [4.78, 5) is 15.6. The summed E-state index contributed by atoms with van der Waals surface area (Å²) >= 11 is 5.89. The van der Waals surface area contributed by atoms with Crippen LogP contribution in [0.2, 0.25) is 5.02 Å². The van der Waals surface area contributed by atoms with Crippen LogP contribution in [0.15, 0.2) is 18.5 Å². The predicted molar refractivity (Wildman–Crippen MR) is 58.3 cm³/mol. The van der Waals surface area contributed by atoms with E-state index in [4.69, 9.17) is 16.7 Å². The molecule has 0 aliphatic heterocycles. The molecule has 0 fully saturated rings. The number of carbonyl (C=O) groups excluding carboxylic acids is 1. The number of aliphatic hydroxyl groups excluding tert-OH is 1. The van der Waals surface area contributed by atoms with Crippen LogP contribution >= 0.6 is 11.6 Å². The number of fused-ring (bicyclic) bond motifs is 1. The Balaban J connectivity index is 2.75. The molecule has 0 saturated carbocycles. The third-order valence-electron chi connectivity index (χ3n) is 2.28. The summed E-state index contributed by atoms with van der Waals surface area (Å²) in [6, 6.07) is 1.66. The van der Waals surface area contributed by atoms with Gasteiger partial charge in [0.15, 0.2) is 0 Å². The molecule has 5 nitrogen and oxygen atoms in total. The highest BCUT2D eigenvalue weighted by atomic mass is 35.5. The van der Waals surface area contributed by atoms with Crippen LogP contribution in [0.25, 0.3) is 11.0 Å². The van der Waals surface area contributed by atoms with Crippen molar-refractivity contribution in [2.75, 3.05) is 7.11 Å². The van der Waals surface area contributed by atoms with E-state index in [9.17, 15) is 4.79 Å². The molecule has 84 valence electrons. The molecule has 2 heterocycles. The first-order valence-electron chi connectivity index (χ1n) is 4.51. The van der Waals surface area contributed by atoms with Crippen LogP contribution in [0.3, 0.4) is 0 Å². The maximum atomic E-state index is 11.5. The number of methoxy groups -OCH3 is 1. The van der Waals surface area contributed by atoms with E-state index in [1.165, 1.54) is 17.9 Å². The summed E-state index contributed by atoms with van der Waals surface area (Å²) in [5.74, 6) is -0.520. The smallest absolute Gasteiger partial charge is 0.340 e. The average Bonchev–Trinajstić information content (AvgIpc) is 2.70. The number of pyridine rings is 1. The van der Waals surface area contributed by atoms with E-state index in [1.807, 2.05) is 0 Å². The molecule has 1 N–H and O–H groups in total. The minimum Gasteiger partial charge on any atom is -0.465 e. The Morgan fingerprint density at radius 1 is 1.69 bits per heavy atom. The number of esters is 1. The van der Waals surface area contributed by atoms with E-state index >= 15 is 0 Å². The van der Waals surface area contributed by atoms with Crippen molar-refractivity contribution in [3.63, 3.8) is 0 Å². The van der Waals surface area contributed by atoms with Crippen molar-refractivity contribution in [3.8, 4) is 0 Å². The van der Waals surface area contributed by atoms with Crippen LogP contribution < -0.4 is 0 Å². The zero-order valence-corrected chi connectivity index (χ0v) is 9.23. The van der Waals surface area contributed by atoms with E-state index < -0.39 is 5.97 Å². The Morgan fingerprint density at radius 3 is 3.06 bits per heavy atom. The van der Waals surface area contributed by atoms with Gasteiger partial charge in [0.25, 0.3) is 0 Å². The highest BCUT2D eigenvalue weighted by molar-refractivity contribution is 6.35. The van der Waals surface area contributed by atoms with Gasteiger partial charge in [-0.05, 0) is 6.07 Å². The quantitative estimate of drug-likeness (QED) is 0.807. The lowest BCUT2D eigenvalue weighted by Gasteiger charge is -2.04. The van der Waals surface area contributed by atoms with E-state index in [1.54, 1.807) is 12.3 Å². The molecule has 0 spiro atoms. The fourth-order valence-corrected chi connectivity index (χ4v) is 1.77. The maximum absolute atomic E-state index is 11.5. The van der Waals surface area contributed by atoms with Gasteiger partial charge in [0.2, 0.25) is 0 Å². The number of carbonyl (C=O) groups is 1. The van der Waals surface area contributed by atoms with Crippen LogP contribution in [0, 0.1) is 0 Å². The van der Waals surface area contributed by atoms with Gasteiger partial charge in [-0.2, -0.15) is 0 Å². The normalized spacial score (nSPS) is 10.7. The summed E-state index contributed by atoms with van der Waals surface area (Å²) in [7, 11) is 1.29. The summed E-state index contributed by atoms with van der Waals surface area (Å²) < 4.78 is 6.14. The lowest BCUT2D eigenvalue weighted by molar-refractivity contribution is 0.0603. The summed E-state index contributed by atoms with van der Waals surface area (Å²) in [5.41, 5.74) is 0.758. The van der Waals surface area contributed by atoms with Gasteiger partial charge in [0, 0.05) is 17.8 Å². The van der Waals surface area contributed by atoms with E-state index in [0.717, 1.165) is 0 Å². The van der Waals surface area contributed by atoms with Crippen molar-refractivity contribution in [2.45, 2.75) is 6.73 Å². The molecule has 0 atom stereocenters. The van der Waals surface area contributed by atoms with Crippen molar-refractivity contribution >= 4 is 28.6 Å². The van der Waals surface area contributed by atoms with Crippen LogP contribution in [0.5, 0.6) is 0 Å². The van der Waals surface area contributed by atoms with Crippen molar-refractivity contribution in [2.24, 2.45) is 0 Å². The molecular formula is C10H9ClN2O3. The van der Waals surface area contributed by atoms with Crippen LogP contribution in [0.4, 0.5) is 0 Å². The van der Waals surface area contributed by atoms with Crippen LogP contribution in [0.1, 0.15) is 10.4 Å². The number of aliphatic hydroxyl groups is 1. The number of ether oxygens (including phenoxy) is 1. The van der Waals surface area contributed by atoms with Gasteiger partial charge in [-0.1, -0.05) is 11.6 Å². The van der Waals surface area contributed by atoms with E-state index in [-0.39, 0.29) is 17.3 Å². The molecule has 2 aromatic rings. The van der Waals surface area contributed by atoms with E-state index in [0.29, 0.717) is 11.0 Å². The number of hydrogen-bond acceptors (Lipinski definition) is 4. The fourth-order valence-electron chi connectivity index (χ4n) is 1.54. The number of nitrogens with zero attached hydrogens (tertiary/aromatic N) is 2. The first kappa shape index (κ1) is 10.9. The largest absolute Gasteiger partial charge is 0.465 e. The molecule has 0 bridgehead atoms. The van der Waals surface area contributed by atoms with Crippen molar-refractivity contribution in [1.82, 2.24) is 9.55 Å². The van der Waals surface area contributed by atoms with E-state index in [2.05, 4.69) is 9.72 Å². The Labute approximate surface area is 96.2 Å². The fraction of sp³-hybridized carbons (Fsp3) is 0.200. The Kier molecular flexibility index (Phi) is 2.80. The standard InChI is InChI=1S/C10H9ClN2O3/c1-16-10(15)8-6-2-3-13(5-14)9(6)12-4-7(8)11/h2-4,14H,5H2,1H3. The Morgan fingerprint density at radius 2 is 2.44 bits per heavy atom. The lowest BCUT2D eigenvalue weighted by Crippen LogP contribution is -2.04. The van der Waals surface area contributed by atoms with Gasteiger partial charge in [-0.15, -0.1) is 0 Å². The molecule has 0 radical (unpaired) electrons. The first-order valence-corrected chi connectivity index (χ1v) is 4.89.